The zero-order chi connectivity index (χ0) is 13.6. The van der Waals surface area contributed by atoms with Crippen molar-refractivity contribution in [3.63, 3.8) is 0 Å². The van der Waals surface area contributed by atoms with E-state index in [9.17, 15) is 0 Å². The van der Waals surface area contributed by atoms with Crippen LogP contribution in [0.5, 0.6) is 5.75 Å². The first-order valence-electron chi connectivity index (χ1n) is 6.52. The molecular formula is C15H26N2O. The molecule has 0 heterocycles. The number of hydrogen-bond donors (Lipinski definition) is 1. The molecule has 3 heteroatoms. The molecule has 0 spiro atoms. The number of para-hydroxylation sites is 1. The lowest BCUT2D eigenvalue weighted by Crippen LogP contribution is -2.32. The van der Waals surface area contributed by atoms with Gasteiger partial charge in [0.15, 0.2) is 0 Å². The molecule has 0 aromatic heterocycles. The molecule has 0 bridgehead atoms. The van der Waals surface area contributed by atoms with Crippen LogP contribution in [0.1, 0.15) is 26.3 Å². The van der Waals surface area contributed by atoms with Gasteiger partial charge in [0, 0.05) is 25.2 Å². The fourth-order valence-electron chi connectivity index (χ4n) is 2.01. The minimum absolute atomic E-state index is 0.323. The Hall–Kier alpha value is -1.06. The molecule has 1 aromatic rings. The summed E-state index contributed by atoms with van der Waals surface area (Å²) >= 11 is 0. The van der Waals surface area contributed by atoms with E-state index in [-0.39, 0.29) is 0 Å². The molecule has 0 aliphatic carbocycles. The molecule has 0 saturated heterocycles. The van der Waals surface area contributed by atoms with Crippen molar-refractivity contribution < 1.29 is 4.74 Å². The maximum absolute atomic E-state index is 5.79. The number of likely N-dealkylation sites (N-methyl/N-ethyl adjacent to an activating group) is 1. The summed E-state index contributed by atoms with van der Waals surface area (Å²) in [6.45, 7) is 9.94. The summed E-state index contributed by atoms with van der Waals surface area (Å²) in [4.78, 5) is 2.30. The van der Waals surface area contributed by atoms with Gasteiger partial charge >= 0.3 is 0 Å². The molecule has 0 aliphatic heterocycles. The highest BCUT2D eigenvalue weighted by Gasteiger charge is 2.13. The fraction of sp³-hybridized carbons (Fsp3) is 0.600. The molecule has 1 aromatic carbocycles. The zero-order valence-electron chi connectivity index (χ0n) is 12.1. The molecule has 0 atom stereocenters. The van der Waals surface area contributed by atoms with Crippen LogP contribution in [-0.2, 0) is 6.54 Å². The van der Waals surface area contributed by atoms with Gasteiger partial charge in [0.1, 0.15) is 12.4 Å². The second-order valence-corrected chi connectivity index (χ2v) is 5.96. The predicted molar refractivity (Wildman–Crippen MR) is 76.8 cm³/mol. The Labute approximate surface area is 111 Å². The summed E-state index contributed by atoms with van der Waals surface area (Å²) in [6, 6.07) is 7.95. The average Bonchev–Trinajstić information content (AvgIpc) is 2.27. The SMILES string of the molecule is CN(CCOc1ccccc1CN)CC(C)(C)C. The van der Waals surface area contributed by atoms with Crippen molar-refractivity contribution in [3.05, 3.63) is 29.8 Å². The molecule has 18 heavy (non-hydrogen) atoms. The molecule has 0 unspecified atom stereocenters. The molecule has 0 fully saturated rings. The van der Waals surface area contributed by atoms with Gasteiger partial charge in [-0.3, -0.25) is 0 Å². The molecular weight excluding hydrogens is 224 g/mol. The standard InChI is InChI=1S/C15H26N2O/c1-15(2,3)12-17(4)9-10-18-14-8-6-5-7-13(14)11-16/h5-8H,9-12,16H2,1-4H3. The molecule has 0 aliphatic rings. The van der Waals surface area contributed by atoms with E-state index in [1.165, 1.54) is 0 Å². The number of nitrogens with two attached hydrogens (primary N) is 1. The highest BCUT2D eigenvalue weighted by atomic mass is 16.5. The topological polar surface area (TPSA) is 38.5 Å². The normalized spacial score (nSPS) is 11.9. The summed E-state index contributed by atoms with van der Waals surface area (Å²) in [5, 5.41) is 0. The Morgan fingerprint density at radius 2 is 1.89 bits per heavy atom. The number of hydrogen-bond acceptors (Lipinski definition) is 3. The molecule has 102 valence electrons. The van der Waals surface area contributed by atoms with Crippen LogP contribution in [0, 0.1) is 5.41 Å². The quantitative estimate of drug-likeness (QED) is 0.843. The molecule has 2 N–H and O–H groups in total. The fourth-order valence-corrected chi connectivity index (χ4v) is 2.01. The van der Waals surface area contributed by atoms with E-state index in [2.05, 4.69) is 32.7 Å². The largest absolute Gasteiger partial charge is 0.492 e. The van der Waals surface area contributed by atoms with E-state index < -0.39 is 0 Å². The number of rotatable bonds is 6. The van der Waals surface area contributed by atoms with Crippen LogP contribution in [0.15, 0.2) is 24.3 Å². The van der Waals surface area contributed by atoms with Crippen molar-refractivity contribution in [2.24, 2.45) is 11.1 Å². The lowest BCUT2D eigenvalue weighted by atomic mass is 9.96. The van der Waals surface area contributed by atoms with Crippen molar-refractivity contribution in [1.82, 2.24) is 4.90 Å². The summed E-state index contributed by atoms with van der Waals surface area (Å²) < 4.78 is 5.79. The molecule has 0 saturated carbocycles. The number of benzene rings is 1. The van der Waals surface area contributed by atoms with Gasteiger partial charge < -0.3 is 15.4 Å². The maximum Gasteiger partial charge on any atom is 0.123 e. The molecule has 1 rings (SSSR count). The van der Waals surface area contributed by atoms with E-state index in [1.54, 1.807) is 0 Å². The number of nitrogens with zero attached hydrogens (tertiary/aromatic N) is 1. The first-order chi connectivity index (χ1) is 8.42. The van der Waals surface area contributed by atoms with Crippen LogP contribution < -0.4 is 10.5 Å². The maximum atomic E-state index is 5.79. The van der Waals surface area contributed by atoms with Gasteiger partial charge in [0.05, 0.1) is 0 Å². The Morgan fingerprint density at radius 3 is 2.50 bits per heavy atom. The van der Waals surface area contributed by atoms with Gasteiger partial charge in [0.2, 0.25) is 0 Å². The predicted octanol–water partition coefficient (Wildman–Crippen LogP) is 2.50. The van der Waals surface area contributed by atoms with Gasteiger partial charge in [-0.2, -0.15) is 0 Å². The van der Waals surface area contributed by atoms with Crippen molar-refractivity contribution >= 4 is 0 Å². The van der Waals surface area contributed by atoms with Gasteiger partial charge in [0.25, 0.3) is 0 Å². The molecule has 0 amide bonds. The third-order valence-corrected chi connectivity index (χ3v) is 2.67. The Bertz CT molecular complexity index is 358. The van der Waals surface area contributed by atoms with Crippen LogP contribution >= 0.6 is 0 Å². The van der Waals surface area contributed by atoms with Crippen LogP contribution in [-0.4, -0.2) is 31.6 Å². The third-order valence-electron chi connectivity index (χ3n) is 2.67. The van der Waals surface area contributed by atoms with Crippen molar-refractivity contribution in [1.29, 1.82) is 0 Å². The van der Waals surface area contributed by atoms with Crippen LogP contribution in [0.2, 0.25) is 0 Å². The van der Waals surface area contributed by atoms with E-state index in [4.69, 9.17) is 10.5 Å². The van der Waals surface area contributed by atoms with E-state index in [0.29, 0.717) is 18.6 Å². The van der Waals surface area contributed by atoms with Gasteiger partial charge in [-0.25, -0.2) is 0 Å². The molecule has 0 radical (unpaired) electrons. The minimum atomic E-state index is 0.323. The smallest absolute Gasteiger partial charge is 0.123 e. The van der Waals surface area contributed by atoms with Crippen LogP contribution in [0.25, 0.3) is 0 Å². The lowest BCUT2D eigenvalue weighted by Gasteiger charge is -2.26. The van der Waals surface area contributed by atoms with Gasteiger partial charge in [-0.15, -0.1) is 0 Å². The van der Waals surface area contributed by atoms with E-state index >= 15 is 0 Å². The lowest BCUT2D eigenvalue weighted by molar-refractivity contribution is 0.187. The Balaban J connectivity index is 2.37. The zero-order valence-corrected chi connectivity index (χ0v) is 12.1. The second kappa shape index (κ2) is 6.76. The average molecular weight is 250 g/mol. The highest BCUT2D eigenvalue weighted by Crippen LogP contribution is 2.17. The molecule has 3 nitrogen and oxygen atoms in total. The van der Waals surface area contributed by atoms with Gasteiger partial charge in [-0.05, 0) is 18.5 Å². The summed E-state index contributed by atoms with van der Waals surface area (Å²) in [6.07, 6.45) is 0. The monoisotopic (exact) mass is 250 g/mol. The summed E-state index contributed by atoms with van der Waals surface area (Å²) in [5.41, 5.74) is 7.06. The van der Waals surface area contributed by atoms with E-state index in [1.807, 2.05) is 24.3 Å². The van der Waals surface area contributed by atoms with Crippen LogP contribution in [0.3, 0.4) is 0 Å². The van der Waals surface area contributed by atoms with Crippen LogP contribution in [0.4, 0.5) is 0 Å². The summed E-state index contributed by atoms with van der Waals surface area (Å²) in [5.74, 6) is 0.907. The van der Waals surface area contributed by atoms with Crippen molar-refractivity contribution in [2.75, 3.05) is 26.7 Å². The summed E-state index contributed by atoms with van der Waals surface area (Å²) in [7, 11) is 2.13. The second-order valence-electron chi connectivity index (χ2n) is 5.96. The Morgan fingerprint density at radius 1 is 1.22 bits per heavy atom. The van der Waals surface area contributed by atoms with E-state index in [0.717, 1.165) is 24.4 Å². The highest BCUT2D eigenvalue weighted by molar-refractivity contribution is 5.32. The third kappa shape index (κ3) is 5.52. The number of ether oxygens (including phenoxy) is 1. The first kappa shape index (κ1) is 15.0. The Kier molecular flexibility index (Phi) is 5.63. The van der Waals surface area contributed by atoms with Gasteiger partial charge in [-0.1, -0.05) is 39.0 Å². The van der Waals surface area contributed by atoms with Crippen molar-refractivity contribution in [3.8, 4) is 5.75 Å². The first-order valence-corrected chi connectivity index (χ1v) is 6.52. The van der Waals surface area contributed by atoms with Crippen molar-refractivity contribution in [2.45, 2.75) is 27.3 Å². The minimum Gasteiger partial charge on any atom is -0.492 e.